The van der Waals surface area contributed by atoms with Crippen molar-refractivity contribution in [2.45, 2.75) is 44.7 Å². The highest BCUT2D eigenvalue weighted by molar-refractivity contribution is 5.99. The lowest BCUT2D eigenvalue weighted by molar-refractivity contribution is 0.0929. The first-order valence-corrected chi connectivity index (χ1v) is 11.6. The number of ether oxygens (including phenoxy) is 1. The van der Waals surface area contributed by atoms with E-state index in [4.69, 9.17) is 9.72 Å². The summed E-state index contributed by atoms with van der Waals surface area (Å²) in [6.45, 7) is 3.96. The second-order valence-electron chi connectivity index (χ2n) is 8.53. The van der Waals surface area contributed by atoms with Gasteiger partial charge in [0.1, 0.15) is 11.4 Å². The number of fused-ring (bicyclic) bond motifs is 1. The van der Waals surface area contributed by atoms with Crippen LogP contribution in [-0.2, 0) is 11.3 Å². The van der Waals surface area contributed by atoms with Crippen molar-refractivity contribution in [1.82, 2.24) is 19.9 Å². The number of carbonyl (C=O) groups excluding carboxylic acids is 1. The van der Waals surface area contributed by atoms with E-state index in [1.54, 1.807) is 10.7 Å². The molecule has 0 atom stereocenters. The van der Waals surface area contributed by atoms with E-state index in [0.717, 1.165) is 45.0 Å². The molecule has 1 aliphatic carbocycles. The molecule has 1 saturated carbocycles. The van der Waals surface area contributed by atoms with Crippen LogP contribution >= 0.6 is 0 Å². The molecule has 1 amide bonds. The first-order valence-electron chi connectivity index (χ1n) is 11.6. The van der Waals surface area contributed by atoms with Crippen molar-refractivity contribution in [3.63, 3.8) is 0 Å². The van der Waals surface area contributed by atoms with Crippen LogP contribution in [-0.4, -0.2) is 52.9 Å². The van der Waals surface area contributed by atoms with E-state index in [-0.39, 0.29) is 11.9 Å². The van der Waals surface area contributed by atoms with E-state index in [2.05, 4.69) is 44.9 Å². The van der Waals surface area contributed by atoms with Crippen LogP contribution in [0.2, 0.25) is 0 Å². The maximum absolute atomic E-state index is 12.9. The van der Waals surface area contributed by atoms with Crippen molar-refractivity contribution in [2.75, 3.05) is 36.5 Å². The maximum Gasteiger partial charge on any atom is 0.256 e. The van der Waals surface area contributed by atoms with Gasteiger partial charge in [0, 0.05) is 37.6 Å². The summed E-state index contributed by atoms with van der Waals surface area (Å²) in [6.07, 6.45) is 9.17. The number of para-hydroxylation sites is 1. The molecule has 32 heavy (non-hydrogen) atoms. The van der Waals surface area contributed by atoms with Crippen molar-refractivity contribution in [2.24, 2.45) is 0 Å². The minimum atomic E-state index is -0.0887. The summed E-state index contributed by atoms with van der Waals surface area (Å²) >= 11 is 0. The molecule has 8 heteroatoms. The van der Waals surface area contributed by atoms with Crippen LogP contribution in [0.3, 0.4) is 0 Å². The molecule has 5 rings (SSSR count). The van der Waals surface area contributed by atoms with Gasteiger partial charge in [0.25, 0.3) is 5.91 Å². The summed E-state index contributed by atoms with van der Waals surface area (Å²) in [7, 11) is 0. The molecule has 2 N–H and O–H groups in total. The fraction of sp³-hybridized carbons (Fsp3) is 0.458. The number of hydrogen-bond acceptors (Lipinski definition) is 6. The Labute approximate surface area is 188 Å². The highest BCUT2D eigenvalue weighted by Crippen LogP contribution is 2.23. The Bertz CT molecular complexity index is 1070. The Kier molecular flexibility index (Phi) is 6.20. The molecule has 3 heterocycles. The standard InChI is InChI=1S/C24H30N6O2/c31-24(27-19-7-2-1-3-8-19)20-17-26-30-11-10-22(28-23(20)30)25-16-18-6-4-5-9-21(18)29-12-14-32-15-13-29/h4-6,9-11,17,19H,1-3,7-8,12-16H2,(H,25,28)(H,27,31). The first kappa shape index (κ1) is 20.8. The molecular weight excluding hydrogens is 404 g/mol. The molecule has 0 spiro atoms. The lowest BCUT2D eigenvalue weighted by Gasteiger charge is -2.30. The number of carbonyl (C=O) groups is 1. The smallest absolute Gasteiger partial charge is 0.256 e. The number of nitrogens with zero attached hydrogens (tertiary/aromatic N) is 4. The molecule has 8 nitrogen and oxygen atoms in total. The third-order valence-electron chi connectivity index (χ3n) is 6.36. The second-order valence-corrected chi connectivity index (χ2v) is 8.53. The van der Waals surface area contributed by atoms with Crippen LogP contribution in [0.1, 0.15) is 48.0 Å². The summed E-state index contributed by atoms with van der Waals surface area (Å²) in [5.74, 6) is 0.635. The van der Waals surface area contributed by atoms with Gasteiger partial charge in [-0.25, -0.2) is 9.50 Å². The number of benzene rings is 1. The van der Waals surface area contributed by atoms with Gasteiger partial charge in [0.05, 0.1) is 19.4 Å². The molecule has 2 aromatic heterocycles. The Morgan fingerprint density at radius 1 is 1.09 bits per heavy atom. The van der Waals surface area contributed by atoms with Gasteiger partial charge in [-0.3, -0.25) is 4.79 Å². The Morgan fingerprint density at radius 3 is 2.75 bits per heavy atom. The maximum atomic E-state index is 12.9. The third kappa shape index (κ3) is 4.55. The van der Waals surface area contributed by atoms with Crippen LogP contribution in [0.25, 0.3) is 5.65 Å². The fourth-order valence-electron chi connectivity index (χ4n) is 4.60. The van der Waals surface area contributed by atoms with Crippen LogP contribution < -0.4 is 15.5 Å². The molecular formula is C24H30N6O2. The topological polar surface area (TPSA) is 83.8 Å². The fourth-order valence-corrected chi connectivity index (χ4v) is 4.60. The molecule has 168 valence electrons. The van der Waals surface area contributed by atoms with Gasteiger partial charge in [0.2, 0.25) is 0 Å². The second kappa shape index (κ2) is 9.56. The zero-order valence-electron chi connectivity index (χ0n) is 18.3. The van der Waals surface area contributed by atoms with E-state index in [1.165, 1.54) is 30.5 Å². The van der Waals surface area contributed by atoms with Gasteiger partial charge in [0.15, 0.2) is 5.65 Å². The summed E-state index contributed by atoms with van der Waals surface area (Å²) in [6, 6.07) is 10.6. The van der Waals surface area contributed by atoms with E-state index < -0.39 is 0 Å². The molecule has 1 saturated heterocycles. The van der Waals surface area contributed by atoms with Crippen molar-refractivity contribution in [1.29, 1.82) is 0 Å². The molecule has 2 aliphatic rings. The number of anilines is 2. The normalized spacial score (nSPS) is 17.4. The highest BCUT2D eigenvalue weighted by atomic mass is 16.5. The number of aromatic nitrogens is 3. The Balaban J connectivity index is 1.30. The van der Waals surface area contributed by atoms with Crippen molar-refractivity contribution >= 4 is 23.1 Å². The molecule has 1 aliphatic heterocycles. The monoisotopic (exact) mass is 434 g/mol. The number of rotatable bonds is 6. The Hall–Kier alpha value is -3.13. The molecule has 2 fully saturated rings. The lowest BCUT2D eigenvalue weighted by atomic mass is 9.95. The summed E-state index contributed by atoms with van der Waals surface area (Å²) in [4.78, 5) is 19.9. The van der Waals surface area contributed by atoms with Crippen LogP contribution in [0.5, 0.6) is 0 Å². The third-order valence-corrected chi connectivity index (χ3v) is 6.36. The SMILES string of the molecule is O=C(NC1CCCCC1)c1cnn2ccc(NCc3ccccc3N3CCOCC3)nc12. The summed E-state index contributed by atoms with van der Waals surface area (Å²) in [5, 5.41) is 10.9. The zero-order chi connectivity index (χ0) is 21.8. The average molecular weight is 435 g/mol. The summed E-state index contributed by atoms with van der Waals surface area (Å²) in [5.41, 5.74) is 3.53. The predicted octanol–water partition coefficient (Wildman–Crippen LogP) is 3.24. The largest absolute Gasteiger partial charge is 0.378 e. The van der Waals surface area contributed by atoms with E-state index in [1.807, 2.05) is 12.3 Å². The van der Waals surface area contributed by atoms with Gasteiger partial charge in [-0.05, 0) is 30.5 Å². The molecule has 0 radical (unpaired) electrons. The lowest BCUT2D eigenvalue weighted by Crippen LogP contribution is -2.36. The van der Waals surface area contributed by atoms with E-state index in [0.29, 0.717) is 17.8 Å². The van der Waals surface area contributed by atoms with Gasteiger partial charge >= 0.3 is 0 Å². The minimum absolute atomic E-state index is 0.0887. The van der Waals surface area contributed by atoms with Crippen molar-refractivity contribution in [3.8, 4) is 0 Å². The van der Waals surface area contributed by atoms with E-state index in [9.17, 15) is 4.79 Å². The quantitative estimate of drug-likeness (QED) is 0.620. The minimum Gasteiger partial charge on any atom is -0.378 e. The highest BCUT2D eigenvalue weighted by Gasteiger charge is 2.20. The molecule has 0 bridgehead atoms. The first-order chi connectivity index (χ1) is 15.8. The van der Waals surface area contributed by atoms with Crippen molar-refractivity contribution in [3.05, 3.63) is 53.9 Å². The number of morpholine rings is 1. The molecule has 1 aromatic carbocycles. The van der Waals surface area contributed by atoms with Gasteiger partial charge in [-0.1, -0.05) is 37.5 Å². The summed E-state index contributed by atoms with van der Waals surface area (Å²) < 4.78 is 7.15. The number of amides is 1. The Morgan fingerprint density at radius 2 is 1.91 bits per heavy atom. The average Bonchev–Trinajstić information content (AvgIpc) is 3.28. The number of nitrogens with one attached hydrogen (secondary N) is 2. The molecule has 3 aromatic rings. The van der Waals surface area contributed by atoms with Crippen LogP contribution in [0.15, 0.2) is 42.7 Å². The van der Waals surface area contributed by atoms with E-state index >= 15 is 0 Å². The zero-order valence-corrected chi connectivity index (χ0v) is 18.3. The van der Waals surface area contributed by atoms with Gasteiger partial charge in [-0.15, -0.1) is 0 Å². The predicted molar refractivity (Wildman–Crippen MR) is 124 cm³/mol. The van der Waals surface area contributed by atoms with Gasteiger partial charge in [-0.2, -0.15) is 5.10 Å². The van der Waals surface area contributed by atoms with Crippen molar-refractivity contribution < 1.29 is 9.53 Å². The number of hydrogen-bond donors (Lipinski definition) is 2. The van der Waals surface area contributed by atoms with Crippen LogP contribution in [0.4, 0.5) is 11.5 Å². The van der Waals surface area contributed by atoms with Gasteiger partial charge < -0.3 is 20.3 Å². The molecule has 0 unspecified atom stereocenters. The van der Waals surface area contributed by atoms with Crippen LogP contribution in [0, 0.1) is 0 Å².